The van der Waals surface area contributed by atoms with Crippen LogP contribution in [-0.2, 0) is 16.6 Å². The largest absolute Gasteiger partial charge is 0.379 e. The molecule has 33 heavy (non-hydrogen) atoms. The molecule has 1 fully saturated rings. The number of carbonyl (C=O) groups is 1. The van der Waals surface area contributed by atoms with Gasteiger partial charge in [0.1, 0.15) is 0 Å². The van der Waals surface area contributed by atoms with Crippen LogP contribution in [0.4, 0.5) is 0 Å². The topological polar surface area (TPSA) is 72.3 Å². The highest BCUT2D eigenvalue weighted by Crippen LogP contribution is 2.26. The SMILES string of the molecule is C[C@@H](NC(=O)CSc1nnc(-c2ccc(Cl)cc2)n1C)[C@@H](c1ccccc1)N1CCOCC1. The smallest absolute Gasteiger partial charge is 0.230 e. The highest BCUT2D eigenvalue weighted by Gasteiger charge is 2.28. The number of hydrogen-bond donors (Lipinski definition) is 1. The van der Waals surface area contributed by atoms with Crippen molar-refractivity contribution in [2.75, 3.05) is 32.1 Å². The third kappa shape index (κ3) is 5.95. The third-order valence-corrected chi connectivity index (χ3v) is 6.98. The number of nitrogens with zero attached hydrogens (tertiary/aromatic N) is 4. The van der Waals surface area contributed by atoms with Gasteiger partial charge in [0.05, 0.1) is 25.0 Å². The number of nitrogens with one attached hydrogen (secondary N) is 1. The van der Waals surface area contributed by atoms with Crippen molar-refractivity contribution in [2.45, 2.75) is 24.2 Å². The number of aromatic nitrogens is 3. The number of benzene rings is 2. The zero-order valence-electron chi connectivity index (χ0n) is 18.8. The molecule has 1 N–H and O–H groups in total. The van der Waals surface area contributed by atoms with Crippen molar-refractivity contribution >= 4 is 29.3 Å². The molecule has 4 rings (SSSR count). The summed E-state index contributed by atoms with van der Waals surface area (Å²) in [6.45, 7) is 5.18. The third-order valence-electron chi connectivity index (χ3n) is 5.71. The van der Waals surface area contributed by atoms with Crippen LogP contribution in [0, 0.1) is 0 Å². The summed E-state index contributed by atoms with van der Waals surface area (Å²) < 4.78 is 7.42. The molecule has 1 aliphatic rings. The van der Waals surface area contributed by atoms with Gasteiger partial charge in [0.25, 0.3) is 0 Å². The zero-order chi connectivity index (χ0) is 23.2. The summed E-state index contributed by atoms with van der Waals surface area (Å²) in [5.41, 5.74) is 2.12. The Morgan fingerprint density at radius 2 is 1.82 bits per heavy atom. The van der Waals surface area contributed by atoms with Crippen LogP contribution in [0.15, 0.2) is 59.8 Å². The number of hydrogen-bond acceptors (Lipinski definition) is 6. The first-order valence-electron chi connectivity index (χ1n) is 11.0. The molecule has 9 heteroatoms. The fourth-order valence-electron chi connectivity index (χ4n) is 4.12. The minimum absolute atomic E-state index is 0.0299. The van der Waals surface area contributed by atoms with Crippen molar-refractivity contribution in [3.8, 4) is 11.4 Å². The second-order valence-corrected chi connectivity index (χ2v) is 9.40. The standard InChI is InChI=1S/C24H28ClN5O2S/c1-17(22(18-6-4-3-5-7-18)30-12-14-32-15-13-30)26-21(31)16-33-24-28-27-23(29(24)2)19-8-10-20(25)11-9-19/h3-11,17,22H,12-16H2,1-2H3,(H,26,31)/t17-,22+/m1/s1. The van der Waals surface area contributed by atoms with E-state index in [1.807, 2.05) is 54.1 Å². The van der Waals surface area contributed by atoms with E-state index in [4.69, 9.17) is 16.3 Å². The van der Waals surface area contributed by atoms with E-state index in [1.54, 1.807) is 0 Å². The number of morpholine rings is 1. The molecule has 0 saturated carbocycles. The molecule has 3 aromatic rings. The molecule has 1 aliphatic heterocycles. The Morgan fingerprint density at radius 3 is 2.52 bits per heavy atom. The molecule has 2 atom stereocenters. The fraction of sp³-hybridized carbons (Fsp3) is 0.375. The van der Waals surface area contributed by atoms with Gasteiger partial charge >= 0.3 is 0 Å². The first-order chi connectivity index (χ1) is 16.0. The predicted octanol–water partition coefficient (Wildman–Crippen LogP) is 3.81. The fourth-order valence-corrected chi connectivity index (χ4v) is 4.97. The number of rotatable bonds is 8. The van der Waals surface area contributed by atoms with E-state index in [1.165, 1.54) is 17.3 Å². The van der Waals surface area contributed by atoms with Crippen LogP contribution in [0.5, 0.6) is 0 Å². The molecule has 2 heterocycles. The Kier molecular flexibility index (Phi) is 8.03. The van der Waals surface area contributed by atoms with Gasteiger partial charge in [-0.05, 0) is 36.8 Å². The Hall–Kier alpha value is -2.39. The van der Waals surface area contributed by atoms with E-state index in [0.29, 0.717) is 23.4 Å². The van der Waals surface area contributed by atoms with E-state index in [2.05, 4.69) is 39.5 Å². The monoisotopic (exact) mass is 485 g/mol. The first-order valence-corrected chi connectivity index (χ1v) is 12.3. The van der Waals surface area contributed by atoms with E-state index in [0.717, 1.165) is 24.5 Å². The number of halogens is 1. The highest BCUT2D eigenvalue weighted by molar-refractivity contribution is 7.99. The van der Waals surface area contributed by atoms with Crippen LogP contribution in [0.25, 0.3) is 11.4 Å². The molecule has 0 radical (unpaired) electrons. The molecule has 0 bridgehead atoms. The van der Waals surface area contributed by atoms with Crippen LogP contribution >= 0.6 is 23.4 Å². The molecule has 2 aromatic carbocycles. The van der Waals surface area contributed by atoms with Crippen molar-refractivity contribution < 1.29 is 9.53 Å². The maximum absolute atomic E-state index is 12.8. The molecule has 1 saturated heterocycles. The van der Waals surface area contributed by atoms with Gasteiger partial charge in [0.15, 0.2) is 11.0 Å². The second kappa shape index (κ2) is 11.2. The van der Waals surface area contributed by atoms with Gasteiger partial charge in [-0.15, -0.1) is 10.2 Å². The van der Waals surface area contributed by atoms with Gasteiger partial charge < -0.3 is 14.6 Å². The summed E-state index contributed by atoms with van der Waals surface area (Å²) >= 11 is 7.36. The molecule has 1 aromatic heterocycles. The Balaban J connectivity index is 1.39. The van der Waals surface area contributed by atoms with Crippen molar-refractivity contribution in [3.05, 3.63) is 65.2 Å². The van der Waals surface area contributed by atoms with Crippen molar-refractivity contribution in [2.24, 2.45) is 7.05 Å². The van der Waals surface area contributed by atoms with Crippen LogP contribution < -0.4 is 5.32 Å². The van der Waals surface area contributed by atoms with Crippen LogP contribution in [0.3, 0.4) is 0 Å². The lowest BCUT2D eigenvalue weighted by atomic mass is 9.98. The van der Waals surface area contributed by atoms with Gasteiger partial charge in [0.2, 0.25) is 5.91 Å². The minimum atomic E-state index is -0.0530. The number of amides is 1. The first kappa shape index (κ1) is 23.8. The number of ether oxygens (including phenoxy) is 1. The Bertz CT molecular complexity index is 1050. The predicted molar refractivity (Wildman–Crippen MR) is 131 cm³/mol. The molecule has 7 nitrogen and oxygen atoms in total. The minimum Gasteiger partial charge on any atom is -0.379 e. The lowest BCUT2D eigenvalue weighted by Crippen LogP contribution is -2.48. The molecule has 174 valence electrons. The van der Waals surface area contributed by atoms with Gasteiger partial charge in [0, 0.05) is 36.8 Å². The molecular formula is C24H28ClN5O2S. The van der Waals surface area contributed by atoms with Gasteiger partial charge in [-0.3, -0.25) is 9.69 Å². The van der Waals surface area contributed by atoms with E-state index < -0.39 is 0 Å². The molecule has 0 spiro atoms. The van der Waals surface area contributed by atoms with Crippen LogP contribution in [0.1, 0.15) is 18.5 Å². The highest BCUT2D eigenvalue weighted by atomic mass is 35.5. The number of carbonyl (C=O) groups excluding carboxylic acids is 1. The lowest BCUT2D eigenvalue weighted by Gasteiger charge is -2.38. The molecule has 0 unspecified atom stereocenters. The Morgan fingerprint density at radius 1 is 1.12 bits per heavy atom. The van der Waals surface area contributed by atoms with Gasteiger partial charge in [-0.2, -0.15) is 0 Å². The Labute approximate surface area is 203 Å². The summed E-state index contributed by atoms with van der Waals surface area (Å²) in [6.07, 6.45) is 0. The van der Waals surface area contributed by atoms with Crippen molar-refractivity contribution in [1.29, 1.82) is 0 Å². The average molecular weight is 486 g/mol. The van der Waals surface area contributed by atoms with Crippen LogP contribution in [0.2, 0.25) is 5.02 Å². The number of thioether (sulfide) groups is 1. The summed E-state index contributed by atoms with van der Waals surface area (Å²) in [7, 11) is 1.90. The maximum Gasteiger partial charge on any atom is 0.230 e. The quantitative estimate of drug-likeness (QED) is 0.489. The van der Waals surface area contributed by atoms with E-state index in [-0.39, 0.29) is 23.7 Å². The maximum atomic E-state index is 12.8. The molecule has 1 amide bonds. The second-order valence-electron chi connectivity index (χ2n) is 8.02. The normalized spacial score (nSPS) is 16.3. The van der Waals surface area contributed by atoms with Gasteiger partial charge in [-0.1, -0.05) is 53.7 Å². The molecular weight excluding hydrogens is 458 g/mol. The summed E-state index contributed by atoms with van der Waals surface area (Å²) in [5.74, 6) is 0.971. The summed E-state index contributed by atoms with van der Waals surface area (Å²) in [6, 6.07) is 17.8. The van der Waals surface area contributed by atoms with Crippen molar-refractivity contribution in [1.82, 2.24) is 25.0 Å². The molecule has 0 aliphatic carbocycles. The van der Waals surface area contributed by atoms with E-state index >= 15 is 0 Å². The van der Waals surface area contributed by atoms with E-state index in [9.17, 15) is 4.79 Å². The summed E-state index contributed by atoms with van der Waals surface area (Å²) in [5, 5.41) is 13.1. The lowest BCUT2D eigenvalue weighted by molar-refractivity contribution is -0.119. The zero-order valence-corrected chi connectivity index (χ0v) is 20.4. The average Bonchev–Trinajstić information content (AvgIpc) is 3.20. The van der Waals surface area contributed by atoms with Gasteiger partial charge in [-0.25, -0.2) is 0 Å². The van der Waals surface area contributed by atoms with Crippen molar-refractivity contribution in [3.63, 3.8) is 0 Å². The summed E-state index contributed by atoms with van der Waals surface area (Å²) in [4.78, 5) is 15.2. The van der Waals surface area contributed by atoms with Crippen LogP contribution in [-0.4, -0.2) is 63.7 Å².